The van der Waals surface area contributed by atoms with Crippen molar-refractivity contribution in [2.45, 2.75) is 58.8 Å². The summed E-state index contributed by atoms with van der Waals surface area (Å²) in [6.07, 6.45) is -1.44. The number of nitrogens with one attached hydrogen (secondary N) is 5. The lowest BCUT2D eigenvalue weighted by Crippen LogP contribution is -2.44. The van der Waals surface area contributed by atoms with Crippen LogP contribution >= 0.6 is 0 Å². The number of aromatic carboxylic acids is 1. The Kier molecular flexibility index (Phi) is 15.6. The number of rotatable bonds is 18. The third kappa shape index (κ3) is 12.4. The minimum atomic E-state index is -1.42. The van der Waals surface area contributed by atoms with Crippen LogP contribution in [0.15, 0.2) is 97.1 Å². The summed E-state index contributed by atoms with van der Waals surface area (Å²) >= 11 is 0. The summed E-state index contributed by atoms with van der Waals surface area (Å²) in [5, 5.41) is 53.4. The van der Waals surface area contributed by atoms with Crippen molar-refractivity contribution in [1.82, 2.24) is 5.32 Å². The van der Waals surface area contributed by atoms with Crippen LogP contribution in [0.5, 0.6) is 23.0 Å². The number of carboxylic acids is 1. The number of anilines is 4. The van der Waals surface area contributed by atoms with Gasteiger partial charge in [-0.15, -0.1) is 0 Å². The molecule has 0 heterocycles. The molecule has 19 heteroatoms. The minimum Gasteiger partial charge on any atom is -0.504 e. The van der Waals surface area contributed by atoms with Crippen LogP contribution in [0.4, 0.5) is 22.7 Å². The predicted molar refractivity (Wildman–Crippen MR) is 241 cm³/mol. The lowest BCUT2D eigenvalue weighted by atomic mass is 10.1. The van der Waals surface area contributed by atoms with Gasteiger partial charge in [0.05, 0.1) is 40.8 Å². The number of hydrogen-bond donors (Lipinski definition) is 9. The number of ether oxygens (including phenoxy) is 2. The zero-order chi connectivity index (χ0) is 48.2. The average molecular weight is 900 g/mol. The fourth-order valence-electron chi connectivity index (χ4n) is 6.12. The van der Waals surface area contributed by atoms with Gasteiger partial charge in [-0.3, -0.25) is 28.8 Å². The number of phenolic OH excluding ortho intramolecular Hbond substituents is 1. The van der Waals surface area contributed by atoms with Gasteiger partial charge in [0.25, 0.3) is 23.6 Å². The summed E-state index contributed by atoms with van der Waals surface area (Å²) in [4.78, 5) is 89.4. The predicted octanol–water partition coefficient (Wildman–Crippen LogP) is 6.00. The van der Waals surface area contributed by atoms with Crippen LogP contribution in [0.1, 0.15) is 97.9 Å². The van der Waals surface area contributed by atoms with E-state index < -0.39 is 76.7 Å². The zero-order valence-corrected chi connectivity index (χ0v) is 35.9. The van der Waals surface area contributed by atoms with Gasteiger partial charge in [-0.25, -0.2) is 4.79 Å². The van der Waals surface area contributed by atoms with E-state index in [4.69, 9.17) is 20.5 Å². The van der Waals surface area contributed by atoms with Crippen LogP contribution in [0.25, 0.3) is 0 Å². The lowest BCUT2D eigenvalue weighted by molar-refractivity contribution is -0.119. The topological polar surface area (TPSA) is 309 Å². The normalized spacial score (nSPS) is 11.1. The third-order valence-electron chi connectivity index (χ3n) is 9.34. The van der Waals surface area contributed by atoms with Crippen molar-refractivity contribution in [3.8, 4) is 29.1 Å². The highest BCUT2D eigenvalue weighted by Gasteiger charge is 2.26. The Bertz CT molecular complexity index is 2710. The summed E-state index contributed by atoms with van der Waals surface area (Å²) in [7, 11) is 0. The first-order valence-electron chi connectivity index (χ1n) is 20.2. The first-order chi connectivity index (χ1) is 31.3. The van der Waals surface area contributed by atoms with Crippen molar-refractivity contribution in [3.05, 3.63) is 130 Å². The van der Waals surface area contributed by atoms with E-state index in [1.165, 1.54) is 91.0 Å². The average Bonchev–Trinajstić information content (AvgIpc) is 3.27. The highest BCUT2D eigenvalue weighted by molar-refractivity contribution is 6.11. The number of primary amides is 1. The molecule has 5 aromatic carbocycles. The largest absolute Gasteiger partial charge is 0.504 e. The van der Waals surface area contributed by atoms with E-state index >= 15 is 0 Å². The number of nitrogens with zero attached hydrogens (tertiary/aromatic N) is 1. The Balaban J connectivity index is 1.25. The van der Waals surface area contributed by atoms with E-state index in [1.807, 2.05) is 6.07 Å². The third-order valence-corrected chi connectivity index (χ3v) is 9.34. The van der Waals surface area contributed by atoms with Crippen LogP contribution in [0.3, 0.4) is 0 Å². The maximum Gasteiger partial charge on any atom is 0.339 e. The van der Waals surface area contributed by atoms with Crippen LogP contribution in [0, 0.1) is 11.3 Å². The lowest BCUT2D eigenvalue weighted by Gasteiger charge is -2.20. The van der Waals surface area contributed by atoms with Gasteiger partial charge in [-0.05, 0) is 131 Å². The number of aromatic hydroxyl groups is 2. The Hall–Kier alpha value is -8.92. The first kappa shape index (κ1) is 48.1. The molecular formula is C47H45N7O12. The second-order valence-electron chi connectivity index (χ2n) is 15.0. The molecule has 0 saturated heterocycles. The number of phenols is 2. The first-order valence-corrected chi connectivity index (χ1v) is 20.2. The number of carbonyl (C=O) groups excluding carboxylic acids is 6. The summed E-state index contributed by atoms with van der Waals surface area (Å²) in [5.74, 6) is -7.37. The van der Waals surface area contributed by atoms with Crippen molar-refractivity contribution in [3.63, 3.8) is 0 Å². The SMILES string of the molecule is CC(C)Oc1c(NC(=O)c2ccc(NC(=O)c3ccc(NC(=O)[C@H](CCC(N)=O)NC(=O)c4ccc(NC(=O)c5ccc(C#N)cc5)cc4)cc3)c(OC(C)C)c2O)ccc(C(=O)O)c1O. The van der Waals surface area contributed by atoms with Crippen molar-refractivity contribution >= 4 is 64.2 Å². The molecular weight excluding hydrogens is 855 g/mol. The maximum atomic E-state index is 13.5. The van der Waals surface area contributed by atoms with E-state index in [0.717, 1.165) is 6.07 Å². The van der Waals surface area contributed by atoms with E-state index in [0.29, 0.717) is 16.8 Å². The Labute approximate surface area is 377 Å². The van der Waals surface area contributed by atoms with Gasteiger partial charge in [0.2, 0.25) is 11.8 Å². The quantitative estimate of drug-likeness (QED) is 0.0488. The molecule has 340 valence electrons. The Morgan fingerprint density at radius 2 is 1.03 bits per heavy atom. The molecule has 0 spiro atoms. The van der Waals surface area contributed by atoms with Crippen molar-refractivity contribution < 1.29 is 58.4 Å². The molecule has 10 N–H and O–H groups in total. The monoisotopic (exact) mass is 899 g/mol. The van der Waals surface area contributed by atoms with Crippen molar-refractivity contribution in [2.75, 3.05) is 21.3 Å². The van der Waals surface area contributed by atoms with Gasteiger partial charge < -0.3 is 57.1 Å². The van der Waals surface area contributed by atoms with Crippen LogP contribution in [-0.4, -0.2) is 75.0 Å². The molecule has 6 amide bonds. The molecule has 0 radical (unpaired) electrons. The fourth-order valence-corrected chi connectivity index (χ4v) is 6.12. The molecule has 19 nitrogen and oxygen atoms in total. The highest BCUT2D eigenvalue weighted by atomic mass is 16.5. The van der Waals surface area contributed by atoms with Crippen LogP contribution < -0.4 is 41.8 Å². The van der Waals surface area contributed by atoms with E-state index in [-0.39, 0.29) is 58.1 Å². The fraction of sp³-hybridized carbons (Fsp3) is 0.191. The molecule has 0 aliphatic heterocycles. The zero-order valence-electron chi connectivity index (χ0n) is 35.9. The molecule has 0 aromatic heterocycles. The Morgan fingerprint density at radius 1 is 0.591 bits per heavy atom. The van der Waals surface area contributed by atoms with E-state index in [9.17, 15) is 48.9 Å². The van der Waals surface area contributed by atoms with E-state index in [2.05, 4.69) is 26.6 Å². The summed E-state index contributed by atoms with van der Waals surface area (Å²) in [5.41, 5.74) is 6.04. The second-order valence-corrected chi connectivity index (χ2v) is 15.0. The molecule has 5 aromatic rings. The molecule has 66 heavy (non-hydrogen) atoms. The number of carbonyl (C=O) groups is 7. The minimum absolute atomic E-state index is 0.0112. The molecule has 0 fully saturated rings. The number of nitriles is 1. The van der Waals surface area contributed by atoms with Gasteiger partial charge >= 0.3 is 5.97 Å². The second kappa shape index (κ2) is 21.4. The highest BCUT2D eigenvalue weighted by Crippen LogP contribution is 2.41. The van der Waals surface area contributed by atoms with Gasteiger partial charge in [-0.2, -0.15) is 5.26 Å². The van der Waals surface area contributed by atoms with Gasteiger partial charge in [-0.1, -0.05) is 0 Å². The molecule has 1 atom stereocenters. The van der Waals surface area contributed by atoms with Crippen molar-refractivity contribution in [2.24, 2.45) is 5.73 Å². The van der Waals surface area contributed by atoms with Gasteiger partial charge in [0, 0.05) is 34.5 Å². The standard InChI is InChI=1S/C47H45N7O12/c1-24(2)65-40-34(19-17-32(38(40)56)45(61)53-35-20-18-33(47(63)64)39(57)41(35)66-25(3)4)52-43(59)28-11-15-31(16-12-28)51-46(62)36(21-22-37(49)55)54-44(60)29-9-13-30(14-10-29)50-42(58)27-7-5-26(23-48)6-8-27/h5-20,24-25,36,56-57H,21-22H2,1-4H3,(H2,49,55)(H,50,58)(H,51,62)(H,52,59)(H,53,61)(H,54,60)(H,63,64)/t36-/m0/s1. The molecule has 5 rings (SSSR count). The molecule has 0 aliphatic carbocycles. The maximum absolute atomic E-state index is 13.5. The Morgan fingerprint density at radius 3 is 1.52 bits per heavy atom. The summed E-state index contributed by atoms with van der Waals surface area (Å²) < 4.78 is 11.4. The molecule has 0 saturated carbocycles. The number of benzene rings is 5. The van der Waals surface area contributed by atoms with Crippen molar-refractivity contribution in [1.29, 1.82) is 5.26 Å². The van der Waals surface area contributed by atoms with E-state index in [1.54, 1.807) is 27.7 Å². The summed E-state index contributed by atoms with van der Waals surface area (Å²) in [6.45, 7) is 6.57. The number of carboxylic acid groups (broad SMARTS) is 1. The van der Waals surface area contributed by atoms with Gasteiger partial charge in [0.1, 0.15) is 11.6 Å². The number of hydrogen-bond acceptors (Lipinski definition) is 12. The molecule has 0 unspecified atom stereocenters. The van der Waals surface area contributed by atoms with Crippen LogP contribution in [-0.2, 0) is 9.59 Å². The number of amides is 6. The van der Waals surface area contributed by atoms with Gasteiger partial charge in [0.15, 0.2) is 23.0 Å². The van der Waals surface area contributed by atoms with Crippen LogP contribution in [0.2, 0.25) is 0 Å². The smallest absolute Gasteiger partial charge is 0.339 e. The number of nitrogens with two attached hydrogens (primary N) is 1. The molecule has 0 aliphatic rings. The molecule has 0 bridgehead atoms. The summed E-state index contributed by atoms with van der Waals surface area (Å²) in [6, 6.07) is 23.1.